The van der Waals surface area contributed by atoms with Crippen LogP contribution in [-0.2, 0) is 6.54 Å². The summed E-state index contributed by atoms with van der Waals surface area (Å²) in [6, 6.07) is 6.86. The van der Waals surface area contributed by atoms with Gasteiger partial charge in [0.1, 0.15) is 23.2 Å². The standard InChI is InChI=1S/C13H11N3O3/c1-8-10(13(17)18)5-9(19-8)7-16-11-3-2-4-15-12(11)6-14/h2-5,16H,7H2,1H3,(H,17,18). The van der Waals surface area contributed by atoms with Crippen molar-refractivity contribution in [2.24, 2.45) is 0 Å². The number of nitrogens with one attached hydrogen (secondary N) is 1. The second kappa shape index (κ2) is 5.23. The highest BCUT2D eigenvalue weighted by Gasteiger charge is 2.13. The minimum Gasteiger partial charge on any atom is -0.478 e. The van der Waals surface area contributed by atoms with Gasteiger partial charge in [-0.1, -0.05) is 0 Å². The molecule has 0 saturated heterocycles. The van der Waals surface area contributed by atoms with Gasteiger partial charge in [-0.2, -0.15) is 5.26 Å². The number of carboxylic acids is 1. The van der Waals surface area contributed by atoms with E-state index in [0.717, 1.165) is 0 Å². The molecule has 0 saturated carbocycles. The van der Waals surface area contributed by atoms with Crippen LogP contribution in [-0.4, -0.2) is 16.1 Å². The first-order chi connectivity index (χ1) is 9.11. The molecule has 0 atom stereocenters. The smallest absolute Gasteiger partial charge is 0.339 e. The molecule has 19 heavy (non-hydrogen) atoms. The van der Waals surface area contributed by atoms with Crippen molar-refractivity contribution < 1.29 is 14.3 Å². The summed E-state index contributed by atoms with van der Waals surface area (Å²) in [5.74, 6) is -0.176. The number of hydrogen-bond acceptors (Lipinski definition) is 5. The van der Waals surface area contributed by atoms with Gasteiger partial charge < -0.3 is 14.8 Å². The van der Waals surface area contributed by atoms with Crippen molar-refractivity contribution in [3.63, 3.8) is 0 Å². The van der Waals surface area contributed by atoms with Gasteiger partial charge in [0, 0.05) is 6.20 Å². The lowest BCUT2D eigenvalue weighted by atomic mass is 10.2. The molecule has 2 rings (SSSR count). The molecule has 0 aliphatic heterocycles. The van der Waals surface area contributed by atoms with E-state index in [-0.39, 0.29) is 17.8 Å². The molecule has 0 aliphatic carbocycles. The van der Waals surface area contributed by atoms with Crippen LogP contribution in [0.3, 0.4) is 0 Å². The van der Waals surface area contributed by atoms with E-state index in [4.69, 9.17) is 14.8 Å². The summed E-state index contributed by atoms with van der Waals surface area (Å²) < 4.78 is 5.32. The lowest BCUT2D eigenvalue weighted by Gasteiger charge is -2.04. The van der Waals surface area contributed by atoms with Crippen molar-refractivity contribution in [1.29, 1.82) is 5.26 Å². The summed E-state index contributed by atoms with van der Waals surface area (Å²) in [6.07, 6.45) is 1.53. The summed E-state index contributed by atoms with van der Waals surface area (Å²) >= 11 is 0. The third kappa shape index (κ3) is 2.72. The lowest BCUT2D eigenvalue weighted by Crippen LogP contribution is -2.01. The van der Waals surface area contributed by atoms with Gasteiger partial charge in [0.25, 0.3) is 0 Å². The highest BCUT2D eigenvalue weighted by molar-refractivity contribution is 5.88. The second-order valence-electron chi connectivity index (χ2n) is 3.85. The van der Waals surface area contributed by atoms with Crippen LogP contribution in [0, 0.1) is 18.3 Å². The summed E-state index contributed by atoms with van der Waals surface area (Å²) in [4.78, 5) is 14.8. The van der Waals surface area contributed by atoms with Gasteiger partial charge in [-0.05, 0) is 25.1 Å². The number of aromatic nitrogens is 1. The average molecular weight is 257 g/mol. The molecule has 0 fully saturated rings. The van der Waals surface area contributed by atoms with Crippen molar-refractivity contribution in [1.82, 2.24) is 4.98 Å². The predicted molar refractivity (Wildman–Crippen MR) is 66.7 cm³/mol. The summed E-state index contributed by atoms with van der Waals surface area (Å²) in [5.41, 5.74) is 1.00. The van der Waals surface area contributed by atoms with Gasteiger partial charge >= 0.3 is 5.97 Å². The number of carbonyl (C=O) groups is 1. The van der Waals surface area contributed by atoms with Crippen LogP contribution in [0.4, 0.5) is 5.69 Å². The fraction of sp³-hybridized carbons (Fsp3) is 0.154. The van der Waals surface area contributed by atoms with Gasteiger partial charge in [-0.25, -0.2) is 9.78 Å². The maximum Gasteiger partial charge on any atom is 0.339 e. The first-order valence-electron chi connectivity index (χ1n) is 5.53. The van der Waals surface area contributed by atoms with Crippen LogP contribution in [0.15, 0.2) is 28.8 Å². The topological polar surface area (TPSA) is 99.2 Å². The normalized spacial score (nSPS) is 9.89. The fourth-order valence-electron chi connectivity index (χ4n) is 1.66. The van der Waals surface area contributed by atoms with Crippen LogP contribution in [0.25, 0.3) is 0 Å². The quantitative estimate of drug-likeness (QED) is 0.870. The van der Waals surface area contributed by atoms with Crippen LogP contribution in [0.1, 0.15) is 27.6 Å². The Morgan fingerprint density at radius 2 is 2.42 bits per heavy atom. The predicted octanol–water partition coefficient (Wildman–Crippen LogP) is 2.17. The molecular weight excluding hydrogens is 246 g/mol. The van der Waals surface area contributed by atoms with Crippen molar-refractivity contribution in [2.75, 3.05) is 5.32 Å². The molecule has 0 aromatic carbocycles. The number of aromatic carboxylic acids is 1. The molecule has 0 unspecified atom stereocenters. The highest BCUT2D eigenvalue weighted by Crippen LogP contribution is 2.17. The molecule has 0 radical (unpaired) electrons. The number of rotatable bonds is 4. The van der Waals surface area contributed by atoms with Crippen molar-refractivity contribution in [3.05, 3.63) is 47.2 Å². The van der Waals surface area contributed by atoms with Crippen molar-refractivity contribution >= 4 is 11.7 Å². The van der Waals surface area contributed by atoms with Gasteiger partial charge in [0.15, 0.2) is 5.69 Å². The van der Waals surface area contributed by atoms with E-state index in [2.05, 4.69) is 10.3 Å². The fourth-order valence-corrected chi connectivity index (χ4v) is 1.66. The van der Waals surface area contributed by atoms with Crippen molar-refractivity contribution in [2.45, 2.75) is 13.5 Å². The van der Waals surface area contributed by atoms with E-state index in [0.29, 0.717) is 17.2 Å². The number of carboxylic acid groups (broad SMARTS) is 1. The SMILES string of the molecule is Cc1oc(CNc2cccnc2C#N)cc1C(=O)O. The average Bonchev–Trinajstić information content (AvgIpc) is 2.78. The van der Waals surface area contributed by atoms with E-state index in [1.165, 1.54) is 12.3 Å². The number of anilines is 1. The summed E-state index contributed by atoms with van der Waals surface area (Å²) in [5, 5.41) is 20.8. The first kappa shape index (κ1) is 12.6. The number of nitriles is 1. The Bertz CT molecular complexity index is 655. The van der Waals surface area contributed by atoms with Gasteiger partial charge in [-0.15, -0.1) is 0 Å². The molecule has 2 heterocycles. The zero-order valence-electron chi connectivity index (χ0n) is 10.2. The van der Waals surface area contributed by atoms with E-state index >= 15 is 0 Å². The summed E-state index contributed by atoms with van der Waals surface area (Å²) in [6.45, 7) is 1.88. The number of aryl methyl sites for hydroxylation is 1. The van der Waals surface area contributed by atoms with Crippen LogP contribution in [0.2, 0.25) is 0 Å². The zero-order chi connectivity index (χ0) is 13.8. The molecule has 0 bridgehead atoms. The molecular formula is C13H11N3O3. The molecule has 0 spiro atoms. The molecule has 6 nitrogen and oxygen atoms in total. The molecule has 6 heteroatoms. The van der Waals surface area contributed by atoms with Gasteiger partial charge in [0.05, 0.1) is 12.2 Å². The third-order valence-electron chi connectivity index (χ3n) is 2.57. The molecule has 0 aliphatic rings. The molecule has 2 aromatic heterocycles. The Kier molecular flexibility index (Phi) is 3.48. The van der Waals surface area contributed by atoms with E-state index in [1.54, 1.807) is 19.1 Å². The number of furan rings is 1. The molecule has 2 N–H and O–H groups in total. The van der Waals surface area contributed by atoms with E-state index < -0.39 is 5.97 Å². The second-order valence-corrected chi connectivity index (χ2v) is 3.85. The first-order valence-corrected chi connectivity index (χ1v) is 5.53. The van der Waals surface area contributed by atoms with Gasteiger partial charge in [0.2, 0.25) is 0 Å². The van der Waals surface area contributed by atoms with E-state index in [9.17, 15) is 4.79 Å². The minimum absolute atomic E-state index is 0.142. The Hall–Kier alpha value is -2.81. The van der Waals surface area contributed by atoms with Crippen LogP contribution in [0.5, 0.6) is 0 Å². The lowest BCUT2D eigenvalue weighted by molar-refractivity contribution is 0.0695. The Morgan fingerprint density at radius 3 is 3.05 bits per heavy atom. The Labute approximate surface area is 109 Å². The highest BCUT2D eigenvalue weighted by atomic mass is 16.4. The summed E-state index contributed by atoms with van der Waals surface area (Å²) in [7, 11) is 0. The number of nitrogens with zero attached hydrogens (tertiary/aromatic N) is 2. The third-order valence-corrected chi connectivity index (χ3v) is 2.57. The molecule has 2 aromatic rings. The monoisotopic (exact) mass is 257 g/mol. The number of pyridine rings is 1. The minimum atomic E-state index is -1.02. The number of hydrogen-bond donors (Lipinski definition) is 2. The molecule has 0 amide bonds. The molecule has 96 valence electrons. The van der Waals surface area contributed by atoms with Crippen LogP contribution >= 0.6 is 0 Å². The Morgan fingerprint density at radius 1 is 1.63 bits per heavy atom. The van der Waals surface area contributed by atoms with Crippen LogP contribution < -0.4 is 5.32 Å². The maximum atomic E-state index is 10.9. The largest absolute Gasteiger partial charge is 0.478 e. The van der Waals surface area contributed by atoms with Crippen molar-refractivity contribution in [3.8, 4) is 6.07 Å². The van der Waals surface area contributed by atoms with E-state index in [1.807, 2.05) is 6.07 Å². The zero-order valence-corrected chi connectivity index (χ0v) is 10.2. The maximum absolute atomic E-state index is 10.9. The Balaban J connectivity index is 2.13. The van der Waals surface area contributed by atoms with Gasteiger partial charge in [-0.3, -0.25) is 0 Å².